The molecule has 0 saturated heterocycles. The third-order valence-corrected chi connectivity index (χ3v) is 5.84. The van der Waals surface area contributed by atoms with E-state index in [-0.39, 0.29) is 11.3 Å². The first kappa shape index (κ1) is 20.8. The molecule has 33 heavy (non-hydrogen) atoms. The molecule has 1 aliphatic heterocycles. The zero-order chi connectivity index (χ0) is 23.2. The van der Waals surface area contributed by atoms with Crippen molar-refractivity contribution in [2.45, 2.75) is 32.7 Å². The maximum Gasteiger partial charge on any atom is 0.299 e. The van der Waals surface area contributed by atoms with Gasteiger partial charge >= 0.3 is 0 Å². The van der Waals surface area contributed by atoms with Gasteiger partial charge in [0.25, 0.3) is 6.01 Å². The third-order valence-electron chi connectivity index (χ3n) is 5.84. The lowest BCUT2D eigenvalue weighted by atomic mass is 9.99. The van der Waals surface area contributed by atoms with Crippen molar-refractivity contribution in [2.24, 2.45) is 0 Å². The smallest absolute Gasteiger partial charge is 0.299 e. The maximum absolute atomic E-state index is 10.3. The average Bonchev–Trinajstić information content (AvgIpc) is 3.32. The van der Waals surface area contributed by atoms with Crippen molar-refractivity contribution < 1.29 is 9.84 Å². The van der Waals surface area contributed by atoms with Crippen LogP contribution in [0.5, 0.6) is 11.8 Å². The van der Waals surface area contributed by atoms with E-state index in [9.17, 15) is 5.11 Å². The van der Waals surface area contributed by atoms with Crippen molar-refractivity contribution in [2.75, 3.05) is 18.5 Å². The van der Waals surface area contributed by atoms with Gasteiger partial charge in [-0.15, -0.1) is 0 Å². The number of phenolic OH excluding ortho intramolecular Hbond substituents is 1. The summed E-state index contributed by atoms with van der Waals surface area (Å²) in [5, 5.41) is 22.8. The summed E-state index contributed by atoms with van der Waals surface area (Å²) in [5.74, 6) is 1.56. The van der Waals surface area contributed by atoms with Gasteiger partial charge in [-0.25, -0.2) is 9.97 Å². The van der Waals surface area contributed by atoms with Gasteiger partial charge in [0, 0.05) is 12.1 Å². The van der Waals surface area contributed by atoms with Gasteiger partial charge in [-0.3, -0.25) is 4.57 Å². The number of aromatic nitrogens is 4. The third kappa shape index (κ3) is 3.72. The molecular weight excluding hydrogens is 416 g/mol. The molecule has 3 heterocycles. The van der Waals surface area contributed by atoms with Crippen LogP contribution >= 0.6 is 0 Å². The molecule has 0 aliphatic carbocycles. The summed E-state index contributed by atoms with van der Waals surface area (Å²) < 4.78 is 7.80. The van der Waals surface area contributed by atoms with Crippen molar-refractivity contribution in [1.82, 2.24) is 19.5 Å². The molecule has 0 unspecified atom stereocenters. The number of benzene rings is 2. The summed E-state index contributed by atoms with van der Waals surface area (Å²) in [4.78, 5) is 13.8. The van der Waals surface area contributed by atoms with Crippen LogP contribution in [0, 0.1) is 18.3 Å². The Labute approximate surface area is 191 Å². The van der Waals surface area contributed by atoms with Gasteiger partial charge in [-0.1, -0.05) is 18.2 Å². The maximum atomic E-state index is 10.3. The van der Waals surface area contributed by atoms with Crippen LogP contribution < -0.4 is 10.1 Å². The molecule has 2 N–H and O–H groups in total. The lowest BCUT2D eigenvalue weighted by Gasteiger charge is -2.18. The van der Waals surface area contributed by atoms with Crippen LogP contribution in [0.3, 0.4) is 0 Å². The van der Waals surface area contributed by atoms with Gasteiger partial charge in [0.2, 0.25) is 0 Å². The number of anilines is 1. The van der Waals surface area contributed by atoms with Crippen molar-refractivity contribution in [1.29, 1.82) is 5.26 Å². The molecule has 2 aromatic carbocycles. The highest BCUT2D eigenvalue weighted by Crippen LogP contribution is 2.36. The zero-order valence-corrected chi connectivity index (χ0v) is 18.8. The lowest BCUT2D eigenvalue weighted by molar-refractivity contribution is 0.268. The normalized spacial score (nSPS) is 14.0. The Morgan fingerprint density at radius 3 is 2.70 bits per heavy atom. The van der Waals surface area contributed by atoms with Gasteiger partial charge in [-0.2, -0.15) is 10.2 Å². The highest BCUT2D eigenvalue weighted by Gasteiger charge is 2.35. The molecule has 0 spiro atoms. The molecule has 8 heteroatoms. The molecule has 0 amide bonds. The van der Waals surface area contributed by atoms with Gasteiger partial charge in [-0.05, 0) is 62.6 Å². The number of nitrogens with one attached hydrogen (secondary N) is 1. The molecule has 0 fully saturated rings. The van der Waals surface area contributed by atoms with Crippen LogP contribution in [-0.4, -0.2) is 37.8 Å². The van der Waals surface area contributed by atoms with Gasteiger partial charge in [0.15, 0.2) is 17.0 Å². The van der Waals surface area contributed by atoms with E-state index in [0.29, 0.717) is 41.9 Å². The summed E-state index contributed by atoms with van der Waals surface area (Å²) in [6.45, 7) is 7.28. The number of rotatable bonds is 5. The number of nitriles is 1. The van der Waals surface area contributed by atoms with E-state index in [1.54, 1.807) is 18.2 Å². The number of ether oxygens (including phenoxy) is 1. The number of phenols is 1. The molecule has 5 rings (SSSR count). The van der Waals surface area contributed by atoms with Crippen LogP contribution in [0.15, 0.2) is 42.5 Å². The van der Waals surface area contributed by atoms with Crippen LogP contribution in [0.4, 0.5) is 5.82 Å². The second-order valence-electron chi connectivity index (χ2n) is 8.84. The molecule has 0 bridgehead atoms. The Morgan fingerprint density at radius 2 is 1.94 bits per heavy atom. The summed E-state index contributed by atoms with van der Waals surface area (Å²) >= 11 is 0. The minimum absolute atomic E-state index is 0.208. The Balaban J connectivity index is 1.37. The quantitative estimate of drug-likeness (QED) is 0.479. The Kier molecular flexibility index (Phi) is 4.90. The molecule has 4 aromatic rings. The molecule has 0 radical (unpaired) electrons. The number of aryl methyl sites for hydroxylation is 1. The summed E-state index contributed by atoms with van der Waals surface area (Å²) in [7, 11) is 0. The average molecular weight is 441 g/mol. The van der Waals surface area contributed by atoms with Gasteiger partial charge < -0.3 is 15.2 Å². The topological polar surface area (TPSA) is 109 Å². The predicted octanol–water partition coefficient (Wildman–Crippen LogP) is 4.16. The molecule has 0 atom stereocenters. The molecule has 8 nitrogen and oxygen atoms in total. The number of hydrogen-bond acceptors (Lipinski definition) is 7. The zero-order valence-electron chi connectivity index (χ0n) is 18.8. The molecule has 166 valence electrons. The number of imidazole rings is 1. The fourth-order valence-corrected chi connectivity index (χ4v) is 4.14. The first-order valence-electron chi connectivity index (χ1n) is 10.8. The first-order valence-corrected chi connectivity index (χ1v) is 10.8. The molecule has 0 saturated carbocycles. The fraction of sp³-hybridized carbons (Fsp3) is 0.280. The fourth-order valence-electron chi connectivity index (χ4n) is 4.14. The molecular formula is C25H24N6O2. The standard InChI is InChI=1S/C25H24N6O2/c1-15-28-22(21-23(29-15)31-24(30-21)33-14-25(31,2)3)27-11-10-16-6-9-20(32)19(12-16)18-7-4-17(13-26)5-8-18/h4-9,12,32H,10-11,14H2,1-3H3,(H,27,28,29). The SMILES string of the molecule is Cc1nc(NCCc2ccc(O)c(-c3ccc(C#N)cc3)c2)c2nc3n(c2n1)C(C)(C)CO3. The van der Waals surface area contributed by atoms with E-state index < -0.39 is 0 Å². The summed E-state index contributed by atoms with van der Waals surface area (Å²) in [6, 6.07) is 15.5. The van der Waals surface area contributed by atoms with Crippen molar-refractivity contribution in [3.05, 3.63) is 59.4 Å². The largest absolute Gasteiger partial charge is 0.507 e. The van der Waals surface area contributed by atoms with E-state index >= 15 is 0 Å². The first-order chi connectivity index (χ1) is 15.9. The molecule has 2 aromatic heterocycles. The number of fused-ring (bicyclic) bond motifs is 3. The van der Waals surface area contributed by atoms with Crippen molar-refractivity contribution in [3.63, 3.8) is 0 Å². The van der Waals surface area contributed by atoms with E-state index in [1.165, 1.54) is 0 Å². The summed E-state index contributed by atoms with van der Waals surface area (Å²) in [5.41, 5.74) is 4.52. The summed E-state index contributed by atoms with van der Waals surface area (Å²) in [6.07, 6.45) is 0.726. The second kappa shape index (κ2) is 7.78. The van der Waals surface area contributed by atoms with E-state index in [2.05, 4.69) is 40.2 Å². The van der Waals surface area contributed by atoms with Crippen molar-refractivity contribution >= 4 is 17.0 Å². The minimum Gasteiger partial charge on any atom is -0.507 e. The van der Waals surface area contributed by atoms with Crippen LogP contribution in [0.1, 0.15) is 30.8 Å². The van der Waals surface area contributed by atoms with Gasteiger partial charge in [0.1, 0.15) is 18.2 Å². The number of nitrogens with zero attached hydrogens (tertiary/aromatic N) is 5. The number of hydrogen-bond donors (Lipinski definition) is 2. The van der Waals surface area contributed by atoms with E-state index in [0.717, 1.165) is 28.8 Å². The van der Waals surface area contributed by atoms with Crippen LogP contribution in [0.25, 0.3) is 22.3 Å². The highest BCUT2D eigenvalue weighted by atomic mass is 16.5. The van der Waals surface area contributed by atoms with Crippen LogP contribution in [-0.2, 0) is 12.0 Å². The number of aromatic hydroxyl groups is 1. The Morgan fingerprint density at radius 1 is 1.15 bits per heavy atom. The van der Waals surface area contributed by atoms with Crippen molar-refractivity contribution in [3.8, 4) is 29.0 Å². The van der Waals surface area contributed by atoms with Crippen LogP contribution in [0.2, 0.25) is 0 Å². The van der Waals surface area contributed by atoms with Gasteiger partial charge in [0.05, 0.1) is 17.2 Å². The predicted molar refractivity (Wildman–Crippen MR) is 125 cm³/mol. The second-order valence-corrected chi connectivity index (χ2v) is 8.84. The Bertz CT molecular complexity index is 1400. The molecule has 1 aliphatic rings. The highest BCUT2D eigenvalue weighted by molar-refractivity contribution is 5.84. The van der Waals surface area contributed by atoms with E-state index in [4.69, 9.17) is 10.00 Å². The monoisotopic (exact) mass is 440 g/mol. The minimum atomic E-state index is -0.212. The van der Waals surface area contributed by atoms with E-state index in [1.807, 2.05) is 35.8 Å². The Hall–Kier alpha value is -4.12. The lowest BCUT2D eigenvalue weighted by Crippen LogP contribution is -2.26.